The van der Waals surface area contributed by atoms with Crippen molar-refractivity contribution in [2.24, 2.45) is 0 Å². The van der Waals surface area contributed by atoms with E-state index in [4.69, 9.17) is 4.74 Å². The van der Waals surface area contributed by atoms with Crippen molar-refractivity contribution >= 4 is 5.91 Å². The summed E-state index contributed by atoms with van der Waals surface area (Å²) >= 11 is 0. The highest BCUT2D eigenvalue weighted by Crippen LogP contribution is 2.22. The van der Waals surface area contributed by atoms with Gasteiger partial charge in [0.25, 0.3) is 0 Å². The Morgan fingerprint density at radius 3 is 2.58 bits per heavy atom. The average molecular weight is 265 g/mol. The second-order valence-electron chi connectivity index (χ2n) is 4.69. The first-order valence-corrected chi connectivity index (χ1v) is 6.68. The molecule has 1 amide bonds. The van der Waals surface area contributed by atoms with Gasteiger partial charge in [-0.2, -0.15) is 0 Å². The Hall–Kier alpha value is -1.55. The number of hydrogen-bond acceptors (Lipinski definition) is 3. The van der Waals surface area contributed by atoms with E-state index in [1.54, 1.807) is 0 Å². The molecule has 4 heteroatoms. The fourth-order valence-electron chi connectivity index (χ4n) is 1.74. The van der Waals surface area contributed by atoms with E-state index in [1.807, 2.05) is 39.0 Å². The highest BCUT2D eigenvalue weighted by Gasteiger charge is 2.07. The number of nitrogens with one attached hydrogen (secondary N) is 1. The van der Waals surface area contributed by atoms with Gasteiger partial charge in [0.15, 0.2) is 0 Å². The standard InChI is InChI=1S/C15H23NO3/c1-4-13(17)10-16-14(18)8-9-19-15-11(2)6-5-7-12(15)3/h5-7,13,17H,4,8-10H2,1-3H3,(H,16,18). The van der Waals surface area contributed by atoms with Gasteiger partial charge in [0.1, 0.15) is 5.75 Å². The highest BCUT2D eigenvalue weighted by molar-refractivity contribution is 5.76. The molecule has 0 aliphatic carbocycles. The minimum absolute atomic E-state index is 0.0984. The predicted molar refractivity (Wildman–Crippen MR) is 75.3 cm³/mol. The highest BCUT2D eigenvalue weighted by atomic mass is 16.5. The van der Waals surface area contributed by atoms with Gasteiger partial charge in [0.05, 0.1) is 19.1 Å². The monoisotopic (exact) mass is 265 g/mol. The molecule has 1 atom stereocenters. The van der Waals surface area contributed by atoms with Crippen LogP contribution in [0.4, 0.5) is 0 Å². The molecular weight excluding hydrogens is 242 g/mol. The summed E-state index contributed by atoms with van der Waals surface area (Å²) in [4.78, 5) is 11.5. The molecule has 4 nitrogen and oxygen atoms in total. The number of carbonyl (C=O) groups excluding carboxylic acids is 1. The average Bonchev–Trinajstić information content (AvgIpc) is 2.39. The van der Waals surface area contributed by atoms with Gasteiger partial charge in [-0.15, -0.1) is 0 Å². The molecule has 0 aromatic heterocycles. The Morgan fingerprint density at radius 1 is 1.37 bits per heavy atom. The maximum Gasteiger partial charge on any atom is 0.223 e. The number of aliphatic hydroxyl groups is 1. The topological polar surface area (TPSA) is 58.6 Å². The fourth-order valence-corrected chi connectivity index (χ4v) is 1.74. The quantitative estimate of drug-likeness (QED) is 0.792. The number of hydrogen-bond donors (Lipinski definition) is 2. The van der Waals surface area contributed by atoms with Crippen LogP contribution in [-0.4, -0.2) is 30.3 Å². The minimum atomic E-state index is -0.469. The molecule has 1 unspecified atom stereocenters. The first kappa shape index (κ1) is 15.5. The van der Waals surface area contributed by atoms with Crippen LogP contribution < -0.4 is 10.1 Å². The van der Waals surface area contributed by atoms with E-state index >= 15 is 0 Å². The molecule has 0 spiro atoms. The molecule has 19 heavy (non-hydrogen) atoms. The molecular formula is C15H23NO3. The summed E-state index contributed by atoms with van der Waals surface area (Å²) in [5.41, 5.74) is 2.14. The summed E-state index contributed by atoms with van der Waals surface area (Å²) in [6.45, 7) is 6.50. The number of benzene rings is 1. The summed E-state index contributed by atoms with van der Waals surface area (Å²) in [6.07, 6.45) is 0.465. The van der Waals surface area contributed by atoms with Crippen LogP contribution in [0.5, 0.6) is 5.75 Å². The van der Waals surface area contributed by atoms with E-state index in [-0.39, 0.29) is 5.91 Å². The van der Waals surface area contributed by atoms with Crippen LogP contribution in [0.1, 0.15) is 30.9 Å². The molecule has 106 valence electrons. The Bertz CT molecular complexity index is 398. The number of aliphatic hydroxyl groups excluding tert-OH is 1. The molecule has 0 bridgehead atoms. The van der Waals surface area contributed by atoms with Crippen molar-refractivity contribution in [1.82, 2.24) is 5.32 Å². The predicted octanol–water partition coefficient (Wildman–Crippen LogP) is 1.96. The van der Waals surface area contributed by atoms with Crippen LogP contribution >= 0.6 is 0 Å². The van der Waals surface area contributed by atoms with E-state index in [2.05, 4.69) is 5.32 Å². The molecule has 2 N–H and O–H groups in total. The van der Waals surface area contributed by atoms with Crippen LogP contribution in [0, 0.1) is 13.8 Å². The summed E-state index contributed by atoms with van der Waals surface area (Å²) in [6, 6.07) is 5.95. The maximum atomic E-state index is 11.5. The Labute approximate surface area is 114 Å². The van der Waals surface area contributed by atoms with E-state index in [0.717, 1.165) is 16.9 Å². The van der Waals surface area contributed by atoms with Gasteiger partial charge in [-0.25, -0.2) is 0 Å². The third-order valence-corrected chi connectivity index (χ3v) is 2.99. The van der Waals surface area contributed by atoms with Crippen molar-refractivity contribution < 1.29 is 14.6 Å². The second kappa shape index (κ2) is 7.79. The Kier molecular flexibility index (Phi) is 6.36. The first-order chi connectivity index (χ1) is 9.04. The van der Waals surface area contributed by atoms with Crippen molar-refractivity contribution in [1.29, 1.82) is 0 Å². The summed E-state index contributed by atoms with van der Waals surface area (Å²) in [7, 11) is 0. The molecule has 0 fully saturated rings. The van der Waals surface area contributed by atoms with Crippen LogP contribution in [0.25, 0.3) is 0 Å². The third-order valence-electron chi connectivity index (χ3n) is 2.99. The Morgan fingerprint density at radius 2 is 2.00 bits per heavy atom. The van der Waals surface area contributed by atoms with E-state index < -0.39 is 6.10 Å². The number of carbonyl (C=O) groups is 1. The van der Waals surface area contributed by atoms with Crippen molar-refractivity contribution in [3.63, 3.8) is 0 Å². The molecule has 1 rings (SSSR count). The lowest BCUT2D eigenvalue weighted by atomic mass is 10.1. The van der Waals surface area contributed by atoms with Gasteiger partial charge in [0, 0.05) is 6.54 Å². The van der Waals surface area contributed by atoms with E-state index in [9.17, 15) is 9.90 Å². The van der Waals surface area contributed by atoms with Gasteiger partial charge >= 0.3 is 0 Å². The molecule has 1 aromatic rings. The summed E-state index contributed by atoms with van der Waals surface area (Å²) in [5, 5.41) is 12.0. The van der Waals surface area contributed by atoms with E-state index in [0.29, 0.717) is 26.0 Å². The second-order valence-corrected chi connectivity index (χ2v) is 4.69. The van der Waals surface area contributed by atoms with Crippen LogP contribution in [0.3, 0.4) is 0 Å². The number of rotatable bonds is 7. The lowest BCUT2D eigenvalue weighted by molar-refractivity contribution is -0.122. The SMILES string of the molecule is CCC(O)CNC(=O)CCOc1c(C)cccc1C. The minimum Gasteiger partial charge on any atom is -0.493 e. The van der Waals surface area contributed by atoms with Gasteiger partial charge in [-0.3, -0.25) is 4.79 Å². The lowest BCUT2D eigenvalue weighted by Gasteiger charge is -2.12. The number of ether oxygens (including phenoxy) is 1. The van der Waals surface area contributed by atoms with E-state index in [1.165, 1.54) is 0 Å². The molecule has 0 radical (unpaired) electrons. The number of aryl methyl sites for hydroxylation is 2. The van der Waals surface area contributed by atoms with Crippen molar-refractivity contribution in [3.05, 3.63) is 29.3 Å². The maximum absolute atomic E-state index is 11.5. The molecule has 0 aliphatic heterocycles. The number of para-hydroxylation sites is 1. The van der Waals surface area contributed by atoms with Crippen molar-refractivity contribution in [3.8, 4) is 5.75 Å². The van der Waals surface area contributed by atoms with Gasteiger partial charge in [-0.05, 0) is 31.4 Å². The molecule has 0 saturated carbocycles. The van der Waals surface area contributed by atoms with Crippen LogP contribution in [0.15, 0.2) is 18.2 Å². The van der Waals surface area contributed by atoms with Gasteiger partial charge < -0.3 is 15.2 Å². The molecule has 1 aromatic carbocycles. The zero-order chi connectivity index (χ0) is 14.3. The largest absolute Gasteiger partial charge is 0.493 e. The Balaban J connectivity index is 2.32. The molecule has 0 aliphatic rings. The molecule has 0 saturated heterocycles. The zero-order valence-electron chi connectivity index (χ0n) is 11.9. The first-order valence-electron chi connectivity index (χ1n) is 6.68. The number of amides is 1. The summed E-state index contributed by atoms with van der Waals surface area (Å²) in [5.74, 6) is 0.752. The normalized spacial score (nSPS) is 12.0. The van der Waals surface area contributed by atoms with Crippen molar-refractivity contribution in [2.75, 3.05) is 13.2 Å². The fraction of sp³-hybridized carbons (Fsp3) is 0.533. The third kappa shape index (κ3) is 5.30. The zero-order valence-corrected chi connectivity index (χ0v) is 11.9. The summed E-state index contributed by atoms with van der Waals surface area (Å²) < 4.78 is 5.65. The van der Waals surface area contributed by atoms with Crippen molar-refractivity contribution in [2.45, 2.75) is 39.7 Å². The molecule has 0 heterocycles. The van der Waals surface area contributed by atoms with Crippen LogP contribution in [-0.2, 0) is 4.79 Å². The smallest absolute Gasteiger partial charge is 0.223 e. The lowest BCUT2D eigenvalue weighted by Crippen LogP contribution is -2.32. The van der Waals surface area contributed by atoms with Gasteiger partial charge in [0.2, 0.25) is 5.91 Å². The van der Waals surface area contributed by atoms with Gasteiger partial charge in [-0.1, -0.05) is 25.1 Å². The van der Waals surface area contributed by atoms with Crippen LogP contribution in [0.2, 0.25) is 0 Å².